The van der Waals surface area contributed by atoms with E-state index in [4.69, 9.17) is 0 Å². The summed E-state index contributed by atoms with van der Waals surface area (Å²) in [6.45, 7) is 0.712. The number of fused-ring (bicyclic) bond motifs is 1. The number of hydrogen-bond acceptors (Lipinski definition) is 5. The first kappa shape index (κ1) is 21.0. The van der Waals surface area contributed by atoms with Crippen molar-refractivity contribution in [3.8, 4) is 0 Å². The summed E-state index contributed by atoms with van der Waals surface area (Å²) >= 11 is 1.30. The fourth-order valence-electron chi connectivity index (χ4n) is 3.50. The smallest absolute Gasteiger partial charge is 0.237 e. The molecule has 1 aromatic heterocycles. The van der Waals surface area contributed by atoms with Gasteiger partial charge in [0.2, 0.25) is 11.8 Å². The molecule has 0 spiro atoms. The SMILES string of the molecule is Cn1c(CC(=O)Nc2ccc(F)cc2)nnc1SCC(=O)N1CCCc2ccccc21. The van der Waals surface area contributed by atoms with Gasteiger partial charge in [-0.05, 0) is 48.7 Å². The van der Waals surface area contributed by atoms with Crippen LogP contribution in [-0.4, -0.2) is 38.9 Å². The molecule has 0 saturated heterocycles. The number of amides is 2. The van der Waals surface area contributed by atoms with E-state index in [-0.39, 0.29) is 29.8 Å². The summed E-state index contributed by atoms with van der Waals surface area (Å²) in [4.78, 5) is 26.9. The normalized spacial score (nSPS) is 13.0. The Morgan fingerprint density at radius 3 is 2.71 bits per heavy atom. The van der Waals surface area contributed by atoms with Gasteiger partial charge in [0.25, 0.3) is 0 Å². The molecule has 0 fully saturated rings. The van der Waals surface area contributed by atoms with Gasteiger partial charge in [-0.1, -0.05) is 30.0 Å². The Balaban J connectivity index is 1.35. The molecule has 0 aliphatic carbocycles. The summed E-state index contributed by atoms with van der Waals surface area (Å²) in [7, 11) is 1.77. The molecule has 3 aromatic rings. The summed E-state index contributed by atoms with van der Waals surface area (Å²) in [6.07, 6.45) is 1.96. The molecule has 0 saturated carbocycles. The Kier molecular flexibility index (Phi) is 6.31. The van der Waals surface area contributed by atoms with Crippen LogP contribution in [0.4, 0.5) is 15.8 Å². The first-order valence-corrected chi connectivity index (χ1v) is 10.9. The van der Waals surface area contributed by atoms with E-state index in [0.717, 1.165) is 18.5 Å². The van der Waals surface area contributed by atoms with Gasteiger partial charge >= 0.3 is 0 Å². The molecule has 0 radical (unpaired) electrons. The van der Waals surface area contributed by atoms with Crippen molar-refractivity contribution in [2.24, 2.45) is 7.05 Å². The van der Waals surface area contributed by atoms with Crippen molar-refractivity contribution in [1.29, 1.82) is 0 Å². The predicted octanol–water partition coefficient (Wildman–Crippen LogP) is 3.21. The number of thioether (sulfide) groups is 1. The Labute approximate surface area is 183 Å². The molecular weight excluding hydrogens is 417 g/mol. The zero-order chi connectivity index (χ0) is 21.8. The highest BCUT2D eigenvalue weighted by molar-refractivity contribution is 7.99. The average molecular weight is 440 g/mol. The molecule has 0 unspecified atom stereocenters. The number of aromatic nitrogens is 3. The van der Waals surface area contributed by atoms with Crippen LogP contribution >= 0.6 is 11.8 Å². The zero-order valence-electron chi connectivity index (χ0n) is 17.0. The lowest BCUT2D eigenvalue weighted by Gasteiger charge is -2.29. The van der Waals surface area contributed by atoms with E-state index >= 15 is 0 Å². The molecular formula is C22H22FN5O2S. The van der Waals surface area contributed by atoms with Gasteiger partial charge in [-0.25, -0.2) is 4.39 Å². The molecule has 1 aliphatic heterocycles. The molecule has 2 heterocycles. The van der Waals surface area contributed by atoms with Crippen molar-refractivity contribution in [3.05, 3.63) is 65.7 Å². The number of carbonyl (C=O) groups excluding carboxylic acids is 2. The fraction of sp³-hybridized carbons (Fsp3) is 0.273. The Morgan fingerprint density at radius 1 is 1.13 bits per heavy atom. The van der Waals surface area contributed by atoms with E-state index in [2.05, 4.69) is 21.6 Å². The molecule has 2 aromatic carbocycles. The molecule has 160 valence electrons. The van der Waals surface area contributed by atoms with E-state index in [9.17, 15) is 14.0 Å². The van der Waals surface area contributed by atoms with Gasteiger partial charge in [0, 0.05) is 25.0 Å². The predicted molar refractivity (Wildman–Crippen MR) is 118 cm³/mol. The molecule has 7 nitrogen and oxygen atoms in total. The van der Waals surface area contributed by atoms with E-state index in [1.54, 1.807) is 11.6 Å². The maximum Gasteiger partial charge on any atom is 0.237 e. The molecule has 0 bridgehead atoms. The van der Waals surface area contributed by atoms with Gasteiger partial charge < -0.3 is 14.8 Å². The van der Waals surface area contributed by atoms with Gasteiger partial charge in [-0.3, -0.25) is 9.59 Å². The van der Waals surface area contributed by atoms with Crippen LogP contribution in [-0.2, 0) is 29.5 Å². The molecule has 0 atom stereocenters. The second kappa shape index (κ2) is 9.30. The summed E-state index contributed by atoms with van der Waals surface area (Å²) in [5, 5.41) is 11.5. The number of anilines is 2. The van der Waals surface area contributed by atoms with Crippen LogP contribution in [0.25, 0.3) is 0 Å². The monoisotopic (exact) mass is 439 g/mol. The topological polar surface area (TPSA) is 80.1 Å². The number of carbonyl (C=O) groups is 2. The van der Waals surface area contributed by atoms with Crippen LogP contribution in [0.2, 0.25) is 0 Å². The van der Waals surface area contributed by atoms with Crippen LogP contribution in [0.5, 0.6) is 0 Å². The third-order valence-electron chi connectivity index (χ3n) is 5.11. The zero-order valence-corrected chi connectivity index (χ0v) is 17.9. The highest BCUT2D eigenvalue weighted by atomic mass is 32.2. The minimum atomic E-state index is -0.365. The standard InChI is InChI=1S/C22H22FN5O2S/c1-27-19(13-20(29)24-17-10-8-16(23)9-11-17)25-26-22(27)31-14-21(30)28-12-4-6-15-5-2-3-7-18(15)28/h2-3,5,7-11H,4,6,12-14H2,1H3,(H,24,29). The van der Waals surface area contributed by atoms with Crippen molar-refractivity contribution in [1.82, 2.24) is 14.8 Å². The van der Waals surface area contributed by atoms with E-state index in [0.29, 0.717) is 23.2 Å². The minimum absolute atomic E-state index is 0.0227. The fourth-order valence-corrected chi connectivity index (χ4v) is 4.31. The summed E-state index contributed by atoms with van der Waals surface area (Å²) in [5.74, 6) is 0.103. The quantitative estimate of drug-likeness (QED) is 0.597. The van der Waals surface area contributed by atoms with Crippen molar-refractivity contribution >= 4 is 35.0 Å². The van der Waals surface area contributed by atoms with Crippen LogP contribution in [0.3, 0.4) is 0 Å². The van der Waals surface area contributed by atoms with E-state index in [1.807, 2.05) is 23.1 Å². The van der Waals surface area contributed by atoms with Crippen LogP contribution in [0.15, 0.2) is 53.7 Å². The van der Waals surface area contributed by atoms with E-state index < -0.39 is 0 Å². The minimum Gasteiger partial charge on any atom is -0.326 e. The summed E-state index contributed by atoms with van der Waals surface area (Å²) in [6, 6.07) is 13.5. The van der Waals surface area contributed by atoms with Crippen LogP contribution in [0.1, 0.15) is 17.8 Å². The number of para-hydroxylation sites is 1. The van der Waals surface area contributed by atoms with E-state index in [1.165, 1.54) is 41.6 Å². The lowest BCUT2D eigenvalue weighted by Crippen LogP contribution is -2.36. The van der Waals surface area contributed by atoms with Crippen LogP contribution in [0, 0.1) is 5.82 Å². The highest BCUT2D eigenvalue weighted by Gasteiger charge is 2.23. The highest BCUT2D eigenvalue weighted by Crippen LogP contribution is 2.28. The second-order valence-electron chi connectivity index (χ2n) is 7.26. The van der Waals surface area contributed by atoms with Gasteiger partial charge in [0.05, 0.1) is 12.2 Å². The van der Waals surface area contributed by atoms with Crippen molar-refractivity contribution in [2.45, 2.75) is 24.4 Å². The molecule has 31 heavy (non-hydrogen) atoms. The first-order chi connectivity index (χ1) is 15.0. The number of halogens is 1. The second-order valence-corrected chi connectivity index (χ2v) is 8.20. The average Bonchev–Trinajstić information content (AvgIpc) is 3.12. The van der Waals surface area contributed by atoms with Crippen molar-refractivity contribution in [2.75, 3.05) is 22.5 Å². The maximum absolute atomic E-state index is 13.0. The van der Waals surface area contributed by atoms with Gasteiger partial charge in [0.1, 0.15) is 11.6 Å². The summed E-state index contributed by atoms with van der Waals surface area (Å²) in [5.41, 5.74) is 2.69. The van der Waals surface area contributed by atoms with Gasteiger partial charge in [-0.2, -0.15) is 0 Å². The van der Waals surface area contributed by atoms with Gasteiger partial charge in [-0.15, -0.1) is 10.2 Å². The number of hydrogen-bond donors (Lipinski definition) is 1. The van der Waals surface area contributed by atoms with Crippen molar-refractivity contribution < 1.29 is 14.0 Å². The number of benzene rings is 2. The first-order valence-electron chi connectivity index (χ1n) is 9.96. The van der Waals surface area contributed by atoms with Gasteiger partial charge in [0.15, 0.2) is 5.16 Å². The Morgan fingerprint density at radius 2 is 1.90 bits per heavy atom. The molecule has 1 N–H and O–H groups in total. The lowest BCUT2D eigenvalue weighted by molar-refractivity contribution is -0.116. The maximum atomic E-state index is 13.0. The molecule has 2 amide bonds. The Bertz CT molecular complexity index is 1100. The van der Waals surface area contributed by atoms with Crippen molar-refractivity contribution in [3.63, 3.8) is 0 Å². The number of rotatable bonds is 6. The largest absolute Gasteiger partial charge is 0.326 e. The lowest BCUT2D eigenvalue weighted by atomic mass is 10.0. The number of nitrogens with zero attached hydrogens (tertiary/aromatic N) is 4. The number of aryl methyl sites for hydroxylation is 1. The third-order valence-corrected chi connectivity index (χ3v) is 6.11. The van der Waals surface area contributed by atoms with Crippen LogP contribution < -0.4 is 10.2 Å². The third kappa shape index (κ3) is 4.93. The molecule has 4 rings (SSSR count). The molecule has 1 aliphatic rings. The number of nitrogens with one attached hydrogen (secondary N) is 1. The molecule has 9 heteroatoms. The Hall–Kier alpha value is -3.20. The summed E-state index contributed by atoms with van der Waals surface area (Å²) < 4.78 is 14.7.